The summed E-state index contributed by atoms with van der Waals surface area (Å²) in [6.07, 6.45) is 42.6. The minimum Gasteiger partial charge on any atom is -0.469 e. The van der Waals surface area contributed by atoms with E-state index in [1.165, 1.54) is 97.7 Å². The second-order valence-electron chi connectivity index (χ2n) is 17.1. The number of unbranched alkanes of at least 4 members (excludes halogenated alkanes) is 27. The molecule has 0 amide bonds. The molecule has 0 N–H and O–H groups in total. The molecule has 0 aromatic heterocycles. The molecule has 2 atom stereocenters. The van der Waals surface area contributed by atoms with Gasteiger partial charge in [-0.3, -0.25) is 19.2 Å². The van der Waals surface area contributed by atoms with Gasteiger partial charge in [-0.1, -0.05) is 168 Å². The van der Waals surface area contributed by atoms with E-state index in [4.69, 9.17) is 18.9 Å². The van der Waals surface area contributed by atoms with Crippen LogP contribution in [0.3, 0.4) is 0 Å². The molecule has 0 aliphatic heterocycles. The lowest BCUT2D eigenvalue weighted by Gasteiger charge is -2.18. The van der Waals surface area contributed by atoms with Gasteiger partial charge in [-0.05, 0) is 77.0 Å². The first kappa shape index (κ1) is 55.9. The zero-order valence-corrected chi connectivity index (χ0v) is 38.7. The Labute approximate surface area is 358 Å². The molecule has 0 rings (SSSR count). The summed E-state index contributed by atoms with van der Waals surface area (Å²) in [7, 11) is 2.89. The maximum atomic E-state index is 12.8. The first-order valence-corrected chi connectivity index (χ1v) is 24.9. The summed E-state index contributed by atoms with van der Waals surface area (Å²) >= 11 is 0. The van der Waals surface area contributed by atoms with Crippen molar-refractivity contribution in [2.24, 2.45) is 0 Å². The Kier molecular flexibility index (Phi) is 42.8. The monoisotopic (exact) mass is 823 g/mol. The van der Waals surface area contributed by atoms with Crippen molar-refractivity contribution >= 4 is 23.9 Å². The van der Waals surface area contributed by atoms with Crippen LogP contribution in [0.5, 0.6) is 0 Å². The zero-order chi connectivity index (χ0) is 42.6. The summed E-state index contributed by atoms with van der Waals surface area (Å²) in [5.74, 6) is -0.305. The molecule has 58 heavy (non-hydrogen) atoms. The van der Waals surface area contributed by atoms with Gasteiger partial charge >= 0.3 is 23.9 Å². The van der Waals surface area contributed by atoms with E-state index in [-0.39, 0.29) is 36.1 Å². The van der Waals surface area contributed by atoms with E-state index in [1.807, 2.05) is 0 Å². The Hall–Kier alpha value is -2.12. The van der Waals surface area contributed by atoms with Crippen LogP contribution in [0.1, 0.15) is 271 Å². The molecule has 342 valence electrons. The maximum absolute atomic E-state index is 12.8. The van der Waals surface area contributed by atoms with Gasteiger partial charge in [-0.25, -0.2) is 0 Å². The maximum Gasteiger partial charge on any atom is 0.306 e. The summed E-state index contributed by atoms with van der Waals surface area (Å²) < 4.78 is 21.5. The van der Waals surface area contributed by atoms with Crippen LogP contribution in [0.2, 0.25) is 0 Å². The summed E-state index contributed by atoms with van der Waals surface area (Å²) in [4.78, 5) is 48.2. The van der Waals surface area contributed by atoms with Gasteiger partial charge in [0.2, 0.25) is 0 Å². The highest BCUT2D eigenvalue weighted by Crippen LogP contribution is 2.21. The second kappa shape index (κ2) is 44.4. The van der Waals surface area contributed by atoms with Gasteiger partial charge in [0.25, 0.3) is 0 Å². The number of carbonyl (C=O) groups is 4. The lowest BCUT2D eigenvalue weighted by molar-refractivity contribution is -0.151. The fourth-order valence-electron chi connectivity index (χ4n) is 7.82. The van der Waals surface area contributed by atoms with Crippen LogP contribution in [0.25, 0.3) is 0 Å². The molecule has 0 aromatic carbocycles. The van der Waals surface area contributed by atoms with Crippen LogP contribution in [0.15, 0.2) is 0 Å². The fourth-order valence-corrected chi connectivity index (χ4v) is 7.82. The Balaban J connectivity index is 4.25. The van der Waals surface area contributed by atoms with Gasteiger partial charge in [0.15, 0.2) is 0 Å². The normalized spacial score (nSPS) is 12.3. The number of carbonyl (C=O) groups excluding carboxylic acids is 4. The van der Waals surface area contributed by atoms with Crippen molar-refractivity contribution in [3.8, 4) is 0 Å². The number of rotatable bonds is 45. The van der Waals surface area contributed by atoms with Crippen LogP contribution in [0.4, 0.5) is 0 Å². The highest BCUT2D eigenvalue weighted by molar-refractivity contribution is 5.70. The predicted molar refractivity (Wildman–Crippen MR) is 240 cm³/mol. The molecule has 0 aromatic rings. The third kappa shape index (κ3) is 40.7. The molecule has 0 saturated heterocycles. The van der Waals surface area contributed by atoms with E-state index < -0.39 is 0 Å². The lowest BCUT2D eigenvalue weighted by Crippen LogP contribution is -2.18. The first-order chi connectivity index (χ1) is 28.4. The van der Waals surface area contributed by atoms with E-state index in [0.29, 0.717) is 25.7 Å². The van der Waals surface area contributed by atoms with E-state index >= 15 is 0 Å². The minimum absolute atomic E-state index is 0.0252. The SMILES string of the molecule is CCCCCCCCCC(CCCCCCCC(=O)OC)OC(=O)CCCCCCCCCCC(=O)OC(CCCCCCCC)CCCCCCCCC(=O)OC. The van der Waals surface area contributed by atoms with Crippen LogP contribution in [-0.2, 0) is 38.1 Å². The van der Waals surface area contributed by atoms with E-state index in [2.05, 4.69) is 13.8 Å². The molecule has 8 nitrogen and oxygen atoms in total. The van der Waals surface area contributed by atoms with E-state index in [0.717, 1.165) is 148 Å². The quantitative estimate of drug-likeness (QED) is 0.0340. The molecule has 8 heteroatoms. The molecule has 0 spiro atoms. The third-order valence-corrected chi connectivity index (χ3v) is 11.6. The highest BCUT2D eigenvalue weighted by Gasteiger charge is 2.16. The van der Waals surface area contributed by atoms with Gasteiger partial charge in [-0.2, -0.15) is 0 Å². The van der Waals surface area contributed by atoms with Crippen LogP contribution in [-0.4, -0.2) is 50.3 Å². The predicted octanol–water partition coefficient (Wildman–Crippen LogP) is 14.8. The van der Waals surface area contributed by atoms with Gasteiger partial charge in [0, 0.05) is 25.7 Å². The average molecular weight is 823 g/mol. The Bertz CT molecular complexity index is 937. The topological polar surface area (TPSA) is 105 Å². The lowest BCUT2D eigenvalue weighted by atomic mass is 10.0. The molecule has 0 heterocycles. The standard InChI is InChI=1S/C50H94O8/c1-5-7-9-11-15-22-30-38-46(40-32-24-20-28-34-42-48(52)56-4)58-50(54)44-36-27-17-14-13-16-26-35-43-49(53)57-45(37-29-21-12-10-8-6-2)39-31-23-18-19-25-33-41-47(51)55-3/h45-46H,5-44H2,1-4H3. The molecule has 0 fully saturated rings. The van der Waals surface area contributed by atoms with Gasteiger partial charge in [-0.15, -0.1) is 0 Å². The van der Waals surface area contributed by atoms with Crippen LogP contribution in [0, 0.1) is 0 Å². The van der Waals surface area contributed by atoms with Crippen molar-refractivity contribution in [1.29, 1.82) is 0 Å². The van der Waals surface area contributed by atoms with Crippen molar-refractivity contribution in [2.75, 3.05) is 14.2 Å². The molecule has 2 unspecified atom stereocenters. The molecule has 0 aliphatic carbocycles. The first-order valence-electron chi connectivity index (χ1n) is 24.9. The van der Waals surface area contributed by atoms with Gasteiger partial charge < -0.3 is 18.9 Å². The Morgan fingerprint density at radius 3 is 0.741 bits per heavy atom. The highest BCUT2D eigenvalue weighted by atomic mass is 16.5. The van der Waals surface area contributed by atoms with Crippen LogP contribution >= 0.6 is 0 Å². The van der Waals surface area contributed by atoms with Crippen molar-refractivity contribution < 1.29 is 38.1 Å². The molecule has 0 aliphatic rings. The smallest absolute Gasteiger partial charge is 0.306 e. The Morgan fingerprint density at radius 2 is 0.500 bits per heavy atom. The fraction of sp³-hybridized carbons (Fsp3) is 0.920. The molecule has 0 saturated carbocycles. The summed E-state index contributed by atoms with van der Waals surface area (Å²) in [5, 5.41) is 0. The summed E-state index contributed by atoms with van der Waals surface area (Å²) in [5.41, 5.74) is 0. The van der Waals surface area contributed by atoms with Crippen molar-refractivity contribution in [1.82, 2.24) is 0 Å². The van der Waals surface area contributed by atoms with E-state index in [1.54, 1.807) is 0 Å². The molecular formula is C50H94O8. The zero-order valence-electron chi connectivity index (χ0n) is 38.7. The number of ether oxygens (including phenoxy) is 4. The van der Waals surface area contributed by atoms with Crippen molar-refractivity contribution in [3.63, 3.8) is 0 Å². The minimum atomic E-state index is -0.128. The molecular weight excluding hydrogens is 729 g/mol. The molecule has 0 radical (unpaired) electrons. The van der Waals surface area contributed by atoms with Gasteiger partial charge in [0.05, 0.1) is 14.2 Å². The number of methoxy groups -OCH3 is 2. The average Bonchev–Trinajstić information content (AvgIpc) is 3.22. The number of esters is 4. The van der Waals surface area contributed by atoms with Crippen LogP contribution < -0.4 is 0 Å². The molecule has 0 bridgehead atoms. The summed E-state index contributed by atoms with van der Waals surface area (Å²) in [6.45, 7) is 4.50. The van der Waals surface area contributed by atoms with Crippen molar-refractivity contribution in [2.45, 2.75) is 283 Å². The van der Waals surface area contributed by atoms with Gasteiger partial charge in [0.1, 0.15) is 12.2 Å². The van der Waals surface area contributed by atoms with Crippen molar-refractivity contribution in [3.05, 3.63) is 0 Å². The largest absolute Gasteiger partial charge is 0.469 e. The Morgan fingerprint density at radius 1 is 0.293 bits per heavy atom. The second-order valence-corrected chi connectivity index (χ2v) is 17.1. The third-order valence-electron chi connectivity index (χ3n) is 11.6. The van der Waals surface area contributed by atoms with E-state index in [9.17, 15) is 19.2 Å². The number of hydrogen-bond donors (Lipinski definition) is 0. The summed E-state index contributed by atoms with van der Waals surface area (Å²) in [6, 6.07) is 0. The number of hydrogen-bond acceptors (Lipinski definition) is 8.